The van der Waals surface area contributed by atoms with Gasteiger partial charge in [-0.3, -0.25) is 0 Å². The molecule has 0 saturated heterocycles. The monoisotopic (exact) mass is 186 g/mol. The molecule has 2 fully saturated rings. The number of carbonyl (C=O) groups is 1. The zero-order chi connectivity index (χ0) is 9.60. The molecule has 3 rings (SSSR count). The van der Waals surface area contributed by atoms with Crippen LogP contribution < -0.4 is 0 Å². The molecule has 1 aromatic carbocycles. The van der Waals surface area contributed by atoms with Gasteiger partial charge in [0.05, 0.1) is 5.41 Å². The van der Waals surface area contributed by atoms with Gasteiger partial charge in [-0.2, -0.15) is 0 Å². The lowest BCUT2D eigenvalue weighted by Gasteiger charge is -2.13. The SMILES string of the molecule is O=CC1(c2ccccc2C2CC2)CC1. The zero-order valence-electron chi connectivity index (χ0n) is 8.20. The molecule has 1 heteroatoms. The second-order valence-electron chi connectivity index (χ2n) is 4.64. The third-order valence-electron chi connectivity index (χ3n) is 3.53. The Morgan fingerprint density at radius 2 is 1.93 bits per heavy atom. The van der Waals surface area contributed by atoms with Crippen LogP contribution in [0.1, 0.15) is 42.7 Å². The van der Waals surface area contributed by atoms with E-state index in [4.69, 9.17) is 0 Å². The van der Waals surface area contributed by atoms with E-state index in [-0.39, 0.29) is 5.41 Å². The molecule has 2 saturated carbocycles. The highest BCUT2D eigenvalue weighted by Gasteiger charge is 2.46. The highest BCUT2D eigenvalue weighted by atomic mass is 16.1. The summed E-state index contributed by atoms with van der Waals surface area (Å²) in [5.74, 6) is 0.753. The number of benzene rings is 1. The highest BCUT2D eigenvalue weighted by molar-refractivity contribution is 5.74. The molecule has 0 N–H and O–H groups in total. The standard InChI is InChI=1S/C13H14O/c14-9-13(7-8-13)12-4-2-1-3-11(12)10-5-6-10/h1-4,9-10H,5-8H2. The summed E-state index contributed by atoms with van der Waals surface area (Å²) in [5, 5.41) is 0. The fraction of sp³-hybridized carbons (Fsp3) is 0.462. The third kappa shape index (κ3) is 1.12. The normalized spacial score (nSPS) is 23.1. The first-order chi connectivity index (χ1) is 6.86. The van der Waals surface area contributed by atoms with Gasteiger partial charge < -0.3 is 4.79 Å². The second-order valence-corrected chi connectivity index (χ2v) is 4.64. The molecule has 1 aromatic rings. The van der Waals surface area contributed by atoms with Crippen LogP contribution in [0.3, 0.4) is 0 Å². The molecule has 0 atom stereocenters. The van der Waals surface area contributed by atoms with Crippen molar-refractivity contribution in [3.05, 3.63) is 35.4 Å². The summed E-state index contributed by atoms with van der Waals surface area (Å²) in [6.45, 7) is 0. The Labute approximate surface area is 84.1 Å². The van der Waals surface area contributed by atoms with E-state index in [0.717, 1.165) is 25.0 Å². The van der Waals surface area contributed by atoms with Crippen LogP contribution in [0.15, 0.2) is 24.3 Å². The molecule has 0 heterocycles. The van der Waals surface area contributed by atoms with Crippen molar-refractivity contribution in [1.82, 2.24) is 0 Å². The number of hydrogen-bond acceptors (Lipinski definition) is 1. The Hall–Kier alpha value is -1.11. The van der Waals surface area contributed by atoms with Crippen molar-refractivity contribution >= 4 is 6.29 Å². The van der Waals surface area contributed by atoms with Gasteiger partial charge in [0.1, 0.15) is 6.29 Å². The zero-order valence-corrected chi connectivity index (χ0v) is 8.20. The van der Waals surface area contributed by atoms with E-state index in [1.807, 2.05) is 0 Å². The average Bonchev–Trinajstić information content (AvgIpc) is 3.12. The Morgan fingerprint density at radius 3 is 2.50 bits per heavy atom. The van der Waals surface area contributed by atoms with Crippen LogP contribution >= 0.6 is 0 Å². The molecule has 1 nitrogen and oxygen atoms in total. The Morgan fingerprint density at radius 1 is 1.21 bits per heavy atom. The summed E-state index contributed by atoms with van der Waals surface area (Å²) in [6.07, 6.45) is 5.90. The fourth-order valence-electron chi connectivity index (χ4n) is 2.29. The summed E-state index contributed by atoms with van der Waals surface area (Å²) >= 11 is 0. The van der Waals surface area contributed by atoms with Crippen LogP contribution in [-0.2, 0) is 10.2 Å². The van der Waals surface area contributed by atoms with Crippen molar-refractivity contribution in [3.8, 4) is 0 Å². The summed E-state index contributed by atoms with van der Waals surface area (Å²) in [7, 11) is 0. The maximum absolute atomic E-state index is 11.1. The van der Waals surface area contributed by atoms with Crippen molar-refractivity contribution < 1.29 is 4.79 Å². The molecule has 72 valence electrons. The smallest absolute Gasteiger partial charge is 0.130 e. The molecular weight excluding hydrogens is 172 g/mol. The van der Waals surface area contributed by atoms with Gasteiger partial charge in [-0.15, -0.1) is 0 Å². The highest BCUT2D eigenvalue weighted by Crippen LogP contribution is 2.52. The molecule has 0 radical (unpaired) electrons. The van der Waals surface area contributed by atoms with E-state index < -0.39 is 0 Å². The van der Waals surface area contributed by atoms with E-state index in [0.29, 0.717) is 0 Å². The van der Waals surface area contributed by atoms with Gasteiger partial charge in [-0.05, 0) is 42.7 Å². The van der Waals surface area contributed by atoms with Crippen LogP contribution in [0.25, 0.3) is 0 Å². The van der Waals surface area contributed by atoms with Gasteiger partial charge >= 0.3 is 0 Å². The van der Waals surface area contributed by atoms with E-state index in [9.17, 15) is 4.79 Å². The van der Waals surface area contributed by atoms with Crippen LogP contribution in [0.2, 0.25) is 0 Å². The third-order valence-corrected chi connectivity index (χ3v) is 3.53. The molecule has 0 aromatic heterocycles. The minimum absolute atomic E-state index is 0.0841. The van der Waals surface area contributed by atoms with Crippen molar-refractivity contribution in [2.24, 2.45) is 0 Å². The molecule has 2 aliphatic carbocycles. The largest absolute Gasteiger partial charge is 0.302 e. The van der Waals surface area contributed by atoms with Gasteiger partial charge in [0.2, 0.25) is 0 Å². The van der Waals surface area contributed by atoms with Crippen LogP contribution in [0.5, 0.6) is 0 Å². The lowest BCUT2D eigenvalue weighted by molar-refractivity contribution is -0.109. The Kier molecular flexibility index (Phi) is 1.58. The predicted molar refractivity (Wildman–Crippen MR) is 55.4 cm³/mol. The van der Waals surface area contributed by atoms with Crippen molar-refractivity contribution in [1.29, 1.82) is 0 Å². The molecular formula is C13H14O. The molecule has 14 heavy (non-hydrogen) atoms. The van der Waals surface area contributed by atoms with Crippen molar-refractivity contribution in [2.45, 2.75) is 37.0 Å². The van der Waals surface area contributed by atoms with Gasteiger partial charge in [0.15, 0.2) is 0 Å². The lowest BCUT2D eigenvalue weighted by atomic mass is 9.90. The fourth-order valence-corrected chi connectivity index (χ4v) is 2.29. The van der Waals surface area contributed by atoms with Gasteiger partial charge in [-0.1, -0.05) is 24.3 Å². The average molecular weight is 186 g/mol. The Bertz CT molecular complexity index is 373. The van der Waals surface area contributed by atoms with E-state index in [1.54, 1.807) is 0 Å². The topological polar surface area (TPSA) is 17.1 Å². The minimum Gasteiger partial charge on any atom is -0.302 e. The first-order valence-electron chi connectivity index (χ1n) is 5.41. The molecule has 0 bridgehead atoms. The summed E-state index contributed by atoms with van der Waals surface area (Å²) in [4.78, 5) is 11.1. The van der Waals surface area contributed by atoms with Crippen LogP contribution in [0.4, 0.5) is 0 Å². The lowest BCUT2D eigenvalue weighted by Crippen LogP contribution is -2.10. The van der Waals surface area contributed by atoms with Crippen molar-refractivity contribution in [3.63, 3.8) is 0 Å². The van der Waals surface area contributed by atoms with Crippen LogP contribution in [0, 0.1) is 0 Å². The quantitative estimate of drug-likeness (QED) is 0.663. The van der Waals surface area contributed by atoms with E-state index >= 15 is 0 Å². The van der Waals surface area contributed by atoms with E-state index in [1.165, 1.54) is 24.0 Å². The summed E-state index contributed by atoms with van der Waals surface area (Å²) in [5.41, 5.74) is 2.67. The number of carbonyl (C=O) groups excluding carboxylic acids is 1. The number of rotatable bonds is 3. The van der Waals surface area contributed by atoms with Gasteiger partial charge in [0.25, 0.3) is 0 Å². The first kappa shape index (κ1) is 8.22. The van der Waals surface area contributed by atoms with Gasteiger partial charge in [-0.25, -0.2) is 0 Å². The number of aldehydes is 1. The van der Waals surface area contributed by atoms with Crippen LogP contribution in [-0.4, -0.2) is 6.29 Å². The Balaban J connectivity index is 2.07. The maximum Gasteiger partial charge on any atom is 0.130 e. The number of hydrogen-bond donors (Lipinski definition) is 0. The molecule has 2 aliphatic rings. The molecule has 0 unspecified atom stereocenters. The maximum atomic E-state index is 11.1. The first-order valence-corrected chi connectivity index (χ1v) is 5.41. The summed E-state index contributed by atoms with van der Waals surface area (Å²) in [6, 6.07) is 8.51. The molecule has 0 aliphatic heterocycles. The molecule has 0 amide bonds. The second kappa shape index (κ2) is 2.69. The van der Waals surface area contributed by atoms with E-state index in [2.05, 4.69) is 24.3 Å². The van der Waals surface area contributed by atoms with Gasteiger partial charge in [0, 0.05) is 0 Å². The predicted octanol–water partition coefficient (Wildman–Crippen LogP) is 2.79. The minimum atomic E-state index is -0.0841. The summed E-state index contributed by atoms with van der Waals surface area (Å²) < 4.78 is 0. The molecule has 0 spiro atoms. The van der Waals surface area contributed by atoms with Crippen molar-refractivity contribution in [2.75, 3.05) is 0 Å².